The van der Waals surface area contributed by atoms with Gasteiger partial charge in [-0.25, -0.2) is 0 Å². The van der Waals surface area contributed by atoms with E-state index in [0.717, 1.165) is 0 Å². The van der Waals surface area contributed by atoms with Crippen LogP contribution in [-0.2, 0) is 5.41 Å². The van der Waals surface area contributed by atoms with Gasteiger partial charge in [0.1, 0.15) is 0 Å². The Hall–Kier alpha value is -7.28. The van der Waals surface area contributed by atoms with Gasteiger partial charge in [-0.1, -0.05) is 182 Å². The first-order chi connectivity index (χ1) is 28.2. The lowest BCUT2D eigenvalue weighted by Crippen LogP contribution is -2.28. The summed E-state index contributed by atoms with van der Waals surface area (Å²) >= 11 is 0. The quantitative estimate of drug-likeness (QED) is 0.170. The van der Waals surface area contributed by atoms with Crippen LogP contribution in [0.25, 0.3) is 87.2 Å². The first-order valence-electron chi connectivity index (χ1n) is 19.9. The Labute approximate surface area is 331 Å². The molecule has 0 N–H and O–H groups in total. The van der Waals surface area contributed by atoms with E-state index in [-0.39, 0.29) is 0 Å². The van der Waals surface area contributed by atoms with Crippen LogP contribution in [-0.4, -0.2) is 0 Å². The van der Waals surface area contributed by atoms with Gasteiger partial charge in [0.25, 0.3) is 0 Å². The molecule has 0 nitrogen and oxygen atoms in total. The van der Waals surface area contributed by atoms with Crippen LogP contribution in [0.3, 0.4) is 0 Å². The predicted molar refractivity (Wildman–Crippen MR) is 242 cm³/mol. The van der Waals surface area contributed by atoms with Crippen molar-refractivity contribution < 1.29 is 0 Å². The van der Waals surface area contributed by atoms with E-state index in [1.165, 1.54) is 109 Å². The van der Waals surface area contributed by atoms with E-state index in [2.05, 4.69) is 218 Å². The molecule has 0 fully saturated rings. The van der Waals surface area contributed by atoms with Crippen molar-refractivity contribution in [3.63, 3.8) is 0 Å². The summed E-state index contributed by atoms with van der Waals surface area (Å²) in [6, 6.07) is 82.0. The second-order valence-corrected chi connectivity index (χ2v) is 15.7. The fraction of sp³-hybridized carbons (Fsp3) is 0.0175. The molecule has 0 atom stereocenters. The highest BCUT2D eigenvalue weighted by atomic mass is 14.5. The third-order valence-corrected chi connectivity index (χ3v) is 12.6. The number of hydrogen-bond donors (Lipinski definition) is 0. The average molecular weight is 721 g/mol. The summed E-state index contributed by atoms with van der Waals surface area (Å²) < 4.78 is 0. The maximum atomic E-state index is 2.54. The van der Waals surface area contributed by atoms with Gasteiger partial charge in [0.05, 0.1) is 5.41 Å². The average Bonchev–Trinajstić information content (AvgIpc) is 3.58. The highest BCUT2D eigenvalue weighted by Crippen LogP contribution is 2.60. The number of fused-ring (bicyclic) bond motifs is 9. The molecule has 0 amide bonds. The maximum absolute atomic E-state index is 2.54. The lowest BCUT2D eigenvalue weighted by molar-refractivity contribution is 0.772. The maximum Gasteiger partial charge on any atom is 0.0714 e. The zero-order valence-electron chi connectivity index (χ0n) is 31.3. The Morgan fingerprint density at radius 3 is 1.25 bits per heavy atom. The third kappa shape index (κ3) is 4.81. The van der Waals surface area contributed by atoms with E-state index in [0.29, 0.717) is 0 Å². The van der Waals surface area contributed by atoms with Crippen LogP contribution in [0, 0.1) is 0 Å². The van der Waals surface area contributed by atoms with Crippen LogP contribution in [0.15, 0.2) is 218 Å². The Kier molecular flexibility index (Phi) is 6.94. The van der Waals surface area contributed by atoms with Gasteiger partial charge in [-0.2, -0.15) is 0 Å². The van der Waals surface area contributed by atoms with Crippen LogP contribution < -0.4 is 0 Å². The summed E-state index contributed by atoms with van der Waals surface area (Å²) in [5, 5.41) is 12.5. The van der Waals surface area contributed by atoms with Gasteiger partial charge in [0, 0.05) is 0 Å². The zero-order valence-corrected chi connectivity index (χ0v) is 31.3. The molecule has 0 saturated heterocycles. The standard InChI is InChI=1S/C57H36/c1-5-15-41-31-45(23-21-37(41)11-1)46-27-30-52-54(35-46)57(48-28-25-39-13-3-7-17-43(39)33-48,49-29-26-40-14-4-8-18-44(40)34-49)55-36-53(50-19-9-10-20-51(50)56(52)55)47-24-22-38-12-2-6-16-42(38)32-47/h1-36H. The molecule has 57 heavy (non-hydrogen) atoms. The largest absolute Gasteiger partial charge is 0.0714 e. The van der Waals surface area contributed by atoms with Gasteiger partial charge >= 0.3 is 0 Å². The van der Waals surface area contributed by atoms with Crippen molar-refractivity contribution >= 4 is 53.9 Å². The molecule has 1 aliphatic carbocycles. The highest BCUT2D eigenvalue weighted by Gasteiger charge is 2.47. The van der Waals surface area contributed by atoms with Crippen molar-refractivity contribution in [2.45, 2.75) is 5.41 Å². The summed E-state index contributed by atoms with van der Waals surface area (Å²) in [5.74, 6) is 0. The minimum absolute atomic E-state index is 0.624. The molecule has 0 radical (unpaired) electrons. The molecule has 0 spiro atoms. The number of hydrogen-bond acceptors (Lipinski definition) is 0. The molecule has 11 aromatic rings. The van der Waals surface area contributed by atoms with Crippen LogP contribution in [0.5, 0.6) is 0 Å². The molecule has 0 heteroatoms. The first kappa shape index (κ1) is 32.0. The highest BCUT2D eigenvalue weighted by molar-refractivity contribution is 6.11. The molecule has 0 unspecified atom stereocenters. The Morgan fingerprint density at radius 2 is 0.667 bits per heavy atom. The molecule has 264 valence electrons. The van der Waals surface area contributed by atoms with Crippen LogP contribution >= 0.6 is 0 Å². The van der Waals surface area contributed by atoms with Gasteiger partial charge < -0.3 is 0 Å². The van der Waals surface area contributed by atoms with Crippen molar-refractivity contribution in [2.24, 2.45) is 0 Å². The molecule has 11 aromatic carbocycles. The summed E-state index contributed by atoms with van der Waals surface area (Å²) in [6.45, 7) is 0. The van der Waals surface area contributed by atoms with Crippen molar-refractivity contribution in [1.29, 1.82) is 0 Å². The van der Waals surface area contributed by atoms with E-state index in [4.69, 9.17) is 0 Å². The van der Waals surface area contributed by atoms with E-state index >= 15 is 0 Å². The van der Waals surface area contributed by atoms with Gasteiger partial charge in [0.2, 0.25) is 0 Å². The first-order valence-corrected chi connectivity index (χ1v) is 19.9. The van der Waals surface area contributed by atoms with Crippen molar-refractivity contribution in [3.05, 3.63) is 241 Å². The van der Waals surface area contributed by atoms with E-state index in [1.807, 2.05) is 0 Å². The number of benzene rings is 11. The molecular formula is C57H36. The Balaban J connectivity index is 1.24. The lowest BCUT2D eigenvalue weighted by atomic mass is 9.66. The van der Waals surface area contributed by atoms with E-state index in [9.17, 15) is 0 Å². The lowest BCUT2D eigenvalue weighted by Gasteiger charge is -2.35. The molecule has 0 aliphatic heterocycles. The van der Waals surface area contributed by atoms with Gasteiger partial charge in [0.15, 0.2) is 0 Å². The molecule has 0 aromatic heterocycles. The van der Waals surface area contributed by atoms with Crippen molar-refractivity contribution in [2.75, 3.05) is 0 Å². The van der Waals surface area contributed by atoms with E-state index < -0.39 is 5.41 Å². The monoisotopic (exact) mass is 720 g/mol. The van der Waals surface area contributed by atoms with Crippen LogP contribution in [0.1, 0.15) is 22.3 Å². The molecule has 0 saturated carbocycles. The molecular weight excluding hydrogens is 685 g/mol. The van der Waals surface area contributed by atoms with Gasteiger partial charge in [-0.3, -0.25) is 0 Å². The number of rotatable bonds is 4. The molecule has 1 aliphatic rings. The van der Waals surface area contributed by atoms with E-state index in [1.54, 1.807) is 0 Å². The van der Waals surface area contributed by atoms with Gasteiger partial charge in [-0.05, 0) is 146 Å². The smallest absolute Gasteiger partial charge is 0.0616 e. The Morgan fingerprint density at radius 1 is 0.246 bits per heavy atom. The van der Waals surface area contributed by atoms with Crippen molar-refractivity contribution in [3.8, 4) is 33.4 Å². The third-order valence-electron chi connectivity index (χ3n) is 12.6. The summed E-state index contributed by atoms with van der Waals surface area (Å²) in [6.07, 6.45) is 0. The molecule has 0 heterocycles. The fourth-order valence-corrected chi connectivity index (χ4v) is 9.96. The SMILES string of the molecule is c1ccc2cc(-c3ccc4c(c3)C(c3ccc5ccccc5c3)(c3ccc5ccccc5c3)c3cc(-c5ccc6ccccc6c5)c5ccccc5c3-4)ccc2c1. The normalized spacial score (nSPS) is 13.1. The fourth-order valence-electron chi connectivity index (χ4n) is 9.96. The van der Waals surface area contributed by atoms with Gasteiger partial charge in [-0.15, -0.1) is 0 Å². The summed E-state index contributed by atoms with van der Waals surface area (Å²) in [7, 11) is 0. The molecule has 0 bridgehead atoms. The second kappa shape index (κ2) is 12.4. The second-order valence-electron chi connectivity index (χ2n) is 15.7. The minimum Gasteiger partial charge on any atom is -0.0616 e. The summed E-state index contributed by atoms with van der Waals surface area (Å²) in [4.78, 5) is 0. The molecule has 12 rings (SSSR count). The van der Waals surface area contributed by atoms with Crippen LogP contribution in [0.2, 0.25) is 0 Å². The van der Waals surface area contributed by atoms with Crippen molar-refractivity contribution in [1.82, 2.24) is 0 Å². The summed E-state index contributed by atoms with van der Waals surface area (Å²) in [5.41, 5.74) is 12.1. The zero-order chi connectivity index (χ0) is 37.5. The van der Waals surface area contributed by atoms with Crippen LogP contribution in [0.4, 0.5) is 0 Å². The minimum atomic E-state index is -0.624. The topological polar surface area (TPSA) is 0 Å². The Bertz CT molecular complexity index is 3340. The predicted octanol–water partition coefficient (Wildman–Crippen LogP) is 15.1.